The molecule has 126 valence electrons. The average molecular weight is 325 g/mol. The number of carbonyl (C=O) groups excluding carboxylic acids is 2. The number of nitrogens with one attached hydrogen (secondary N) is 2. The molecular weight excluding hydrogens is 302 g/mol. The van der Waals surface area contributed by atoms with Gasteiger partial charge in [0.15, 0.2) is 0 Å². The molecule has 0 aromatic heterocycles. The van der Waals surface area contributed by atoms with E-state index < -0.39 is 6.04 Å². The van der Waals surface area contributed by atoms with E-state index in [-0.39, 0.29) is 11.8 Å². The number of benzene rings is 2. The van der Waals surface area contributed by atoms with Gasteiger partial charge in [0.05, 0.1) is 6.04 Å². The number of rotatable bonds is 7. The largest absolute Gasteiger partial charge is 0.354 e. The summed E-state index contributed by atoms with van der Waals surface area (Å²) in [5, 5.41) is 5.58. The standard InChI is InChI=1S/C19H23N3O2/c1-14(23)22-17-9-7-15(8-10-17)11-12-21-19(24)18(20)13-16-5-3-2-4-6-16/h2-10,18H,11-13,20H2,1H3,(H,21,24)(H,22,23)/t18-/m0/s1. The van der Waals surface area contributed by atoms with Crippen molar-refractivity contribution in [2.24, 2.45) is 5.73 Å². The van der Waals surface area contributed by atoms with Crippen LogP contribution >= 0.6 is 0 Å². The Hall–Kier alpha value is -2.66. The van der Waals surface area contributed by atoms with E-state index >= 15 is 0 Å². The van der Waals surface area contributed by atoms with Gasteiger partial charge < -0.3 is 16.4 Å². The number of hydrogen-bond donors (Lipinski definition) is 3. The third-order valence-electron chi connectivity index (χ3n) is 3.62. The monoisotopic (exact) mass is 325 g/mol. The Morgan fingerprint density at radius 3 is 2.29 bits per heavy atom. The zero-order valence-corrected chi connectivity index (χ0v) is 13.8. The molecular formula is C19H23N3O2. The normalized spacial score (nSPS) is 11.6. The van der Waals surface area contributed by atoms with E-state index in [0.29, 0.717) is 19.4 Å². The van der Waals surface area contributed by atoms with E-state index in [4.69, 9.17) is 5.73 Å². The molecule has 24 heavy (non-hydrogen) atoms. The summed E-state index contributed by atoms with van der Waals surface area (Å²) >= 11 is 0. The highest BCUT2D eigenvalue weighted by molar-refractivity contribution is 5.88. The third kappa shape index (κ3) is 5.85. The van der Waals surface area contributed by atoms with Crippen molar-refractivity contribution < 1.29 is 9.59 Å². The second-order valence-electron chi connectivity index (χ2n) is 5.72. The van der Waals surface area contributed by atoms with Gasteiger partial charge in [0.1, 0.15) is 0 Å². The van der Waals surface area contributed by atoms with Crippen molar-refractivity contribution in [2.45, 2.75) is 25.8 Å². The predicted octanol–water partition coefficient (Wildman–Crippen LogP) is 1.87. The summed E-state index contributed by atoms with van der Waals surface area (Å²) in [5.74, 6) is -0.240. The van der Waals surface area contributed by atoms with E-state index in [9.17, 15) is 9.59 Å². The lowest BCUT2D eigenvalue weighted by molar-refractivity contribution is -0.122. The lowest BCUT2D eigenvalue weighted by Gasteiger charge is -2.12. The molecule has 0 spiro atoms. The maximum atomic E-state index is 12.0. The zero-order chi connectivity index (χ0) is 17.4. The minimum Gasteiger partial charge on any atom is -0.354 e. The lowest BCUT2D eigenvalue weighted by atomic mass is 10.1. The first kappa shape index (κ1) is 17.7. The van der Waals surface area contributed by atoms with Crippen molar-refractivity contribution in [3.05, 3.63) is 65.7 Å². The minimum absolute atomic E-state index is 0.0950. The van der Waals surface area contributed by atoms with Gasteiger partial charge in [-0.2, -0.15) is 0 Å². The molecule has 0 saturated carbocycles. The molecule has 5 nitrogen and oxygen atoms in total. The van der Waals surface area contributed by atoms with E-state index in [1.807, 2.05) is 54.6 Å². The van der Waals surface area contributed by atoms with Crippen LogP contribution in [-0.2, 0) is 22.4 Å². The Bertz CT molecular complexity index is 669. The lowest BCUT2D eigenvalue weighted by Crippen LogP contribution is -2.42. The second-order valence-corrected chi connectivity index (χ2v) is 5.72. The summed E-state index contributed by atoms with van der Waals surface area (Å²) < 4.78 is 0. The highest BCUT2D eigenvalue weighted by atomic mass is 16.2. The van der Waals surface area contributed by atoms with E-state index in [1.165, 1.54) is 6.92 Å². The van der Waals surface area contributed by atoms with Crippen LogP contribution in [0, 0.1) is 0 Å². The molecule has 1 atom stereocenters. The van der Waals surface area contributed by atoms with Gasteiger partial charge in [-0.15, -0.1) is 0 Å². The van der Waals surface area contributed by atoms with Gasteiger partial charge in [0.2, 0.25) is 11.8 Å². The molecule has 0 aliphatic carbocycles. The third-order valence-corrected chi connectivity index (χ3v) is 3.62. The van der Waals surface area contributed by atoms with Crippen LogP contribution in [0.15, 0.2) is 54.6 Å². The number of anilines is 1. The topological polar surface area (TPSA) is 84.2 Å². The average Bonchev–Trinajstić information content (AvgIpc) is 2.56. The first-order valence-electron chi connectivity index (χ1n) is 7.98. The van der Waals surface area contributed by atoms with E-state index in [0.717, 1.165) is 16.8 Å². The van der Waals surface area contributed by atoms with Crippen LogP contribution in [-0.4, -0.2) is 24.4 Å². The maximum absolute atomic E-state index is 12.0. The Morgan fingerprint density at radius 2 is 1.67 bits per heavy atom. The van der Waals surface area contributed by atoms with Crippen LogP contribution in [0.3, 0.4) is 0 Å². The van der Waals surface area contributed by atoms with E-state index in [2.05, 4.69) is 10.6 Å². The molecule has 2 aromatic rings. The highest BCUT2D eigenvalue weighted by Gasteiger charge is 2.13. The van der Waals surface area contributed by atoms with Crippen molar-refractivity contribution in [1.29, 1.82) is 0 Å². The van der Waals surface area contributed by atoms with Crippen LogP contribution < -0.4 is 16.4 Å². The maximum Gasteiger partial charge on any atom is 0.237 e. The Labute approximate surface area is 142 Å². The molecule has 2 amide bonds. The molecule has 0 aliphatic heterocycles. The molecule has 0 radical (unpaired) electrons. The molecule has 0 heterocycles. The number of nitrogens with two attached hydrogens (primary N) is 1. The Balaban J connectivity index is 1.74. The fourth-order valence-corrected chi connectivity index (χ4v) is 2.38. The molecule has 0 bridgehead atoms. The summed E-state index contributed by atoms with van der Waals surface area (Å²) in [7, 11) is 0. The number of amides is 2. The number of carbonyl (C=O) groups is 2. The molecule has 5 heteroatoms. The fourth-order valence-electron chi connectivity index (χ4n) is 2.38. The second kappa shape index (κ2) is 8.84. The quantitative estimate of drug-likeness (QED) is 0.726. The summed E-state index contributed by atoms with van der Waals surface area (Å²) in [4.78, 5) is 23.0. The van der Waals surface area contributed by atoms with Gasteiger partial charge >= 0.3 is 0 Å². The van der Waals surface area contributed by atoms with Crippen LogP contribution in [0.1, 0.15) is 18.1 Å². The fraction of sp³-hybridized carbons (Fsp3) is 0.263. The van der Waals surface area contributed by atoms with Gasteiger partial charge in [-0.3, -0.25) is 9.59 Å². The van der Waals surface area contributed by atoms with Gasteiger partial charge in [-0.25, -0.2) is 0 Å². The molecule has 0 fully saturated rings. The Kier molecular flexibility index (Phi) is 6.51. The van der Waals surface area contributed by atoms with E-state index in [1.54, 1.807) is 0 Å². The number of hydrogen-bond acceptors (Lipinski definition) is 3. The first-order valence-corrected chi connectivity index (χ1v) is 7.98. The van der Waals surface area contributed by atoms with Crippen LogP contribution in [0.2, 0.25) is 0 Å². The van der Waals surface area contributed by atoms with Gasteiger partial charge in [0, 0.05) is 19.2 Å². The molecule has 0 unspecified atom stereocenters. The summed E-state index contributed by atoms with van der Waals surface area (Å²) in [5.41, 5.74) is 8.84. The van der Waals surface area contributed by atoms with Crippen molar-refractivity contribution in [3.8, 4) is 0 Å². The molecule has 2 rings (SSSR count). The van der Waals surface area contributed by atoms with Gasteiger partial charge in [-0.1, -0.05) is 42.5 Å². The summed E-state index contributed by atoms with van der Waals surface area (Å²) in [6, 6.07) is 16.7. The predicted molar refractivity (Wildman–Crippen MR) is 95.6 cm³/mol. The summed E-state index contributed by atoms with van der Waals surface area (Å²) in [6.45, 7) is 2.00. The summed E-state index contributed by atoms with van der Waals surface area (Å²) in [6.07, 6.45) is 1.24. The van der Waals surface area contributed by atoms with Gasteiger partial charge in [-0.05, 0) is 36.1 Å². The SMILES string of the molecule is CC(=O)Nc1ccc(CCNC(=O)[C@@H](N)Cc2ccccc2)cc1. The van der Waals surface area contributed by atoms with Crippen LogP contribution in [0.4, 0.5) is 5.69 Å². The van der Waals surface area contributed by atoms with Crippen LogP contribution in [0.25, 0.3) is 0 Å². The molecule has 4 N–H and O–H groups in total. The van der Waals surface area contributed by atoms with Crippen LogP contribution in [0.5, 0.6) is 0 Å². The molecule has 2 aromatic carbocycles. The van der Waals surface area contributed by atoms with Crippen molar-refractivity contribution in [3.63, 3.8) is 0 Å². The van der Waals surface area contributed by atoms with Crippen molar-refractivity contribution in [2.75, 3.05) is 11.9 Å². The Morgan fingerprint density at radius 1 is 1.00 bits per heavy atom. The highest BCUT2D eigenvalue weighted by Crippen LogP contribution is 2.09. The molecule has 0 aliphatic rings. The smallest absolute Gasteiger partial charge is 0.237 e. The van der Waals surface area contributed by atoms with Crippen molar-refractivity contribution >= 4 is 17.5 Å². The zero-order valence-electron chi connectivity index (χ0n) is 13.8. The van der Waals surface area contributed by atoms with Crippen molar-refractivity contribution in [1.82, 2.24) is 5.32 Å². The minimum atomic E-state index is -0.547. The van der Waals surface area contributed by atoms with Gasteiger partial charge in [0.25, 0.3) is 0 Å². The molecule has 0 saturated heterocycles. The first-order chi connectivity index (χ1) is 11.5.